The molecule has 0 aromatic carbocycles. The van der Waals surface area contributed by atoms with Gasteiger partial charge in [-0.05, 0) is 12.8 Å². The van der Waals surface area contributed by atoms with Crippen LogP contribution in [0.5, 0.6) is 0 Å². The van der Waals surface area contributed by atoms with Crippen molar-refractivity contribution in [2.45, 2.75) is 12.8 Å². The zero-order valence-electron chi connectivity index (χ0n) is 4.74. The molecule has 1 aliphatic rings. The Balaban J connectivity index is 2.27. The van der Waals surface area contributed by atoms with Gasteiger partial charge in [-0.2, -0.15) is 0 Å². The first-order valence-corrected chi connectivity index (χ1v) is 4.32. The van der Waals surface area contributed by atoms with E-state index in [-0.39, 0.29) is 0 Å². The molecule has 4 heteroatoms. The summed E-state index contributed by atoms with van der Waals surface area (Å²) in [6.07, 6.45) is 2.28. The van der Waals surface area contributed by atoms with Gasteiger partial charge in [-0.1, -0.05) is 0 Å². The lowest BCUT2D eigenvalue weighted by Crippen LogP contribution is -2.09. The predicted octanol–water partition coefficient (Wildman–Crippen LogP) is 0.349. The summed E-state index contributed by atoms with van der Waals surface area (Å²) in [6, 6.07) is 0. The molecule has 2 N–H and O–H groups in total. The minimum Gasteiger partial charge on any atom is -0.293 e. The number of hydrogen-bond donors (Lipinski definition) is 2. The van der Waals surface area contributed by atoms with Gasteiger partial charge in [0, 0.05) is 13.1 Å². The van der Waals surface area contributed by atoms with Gasteiger partial charge in [0.1, 0.15) is 0 Å². The molecule has 0 aromatic heterocycles. The van der Waals surface area contributed by atoms with Crippen LogP contribution in [0.4, 0.5) is 0 Å². The van der Waals surface area contributed by atoms with Crippen molar-refractivity contribution in [3.05, 3.63) is 0 Å². The Morgan fingerprint density at radius 3 is 2.12 bits per heavy atom. The van der Waals surface area contributed by atoms with Crippen LogP contribution in [0.25, 0.3) is 0 Å². The molecule has 0 spiro atoms. The number of nitrogens with one attached hydrogen (secondary N) is 2. The molecule has 0 unspecified atom stereocenters. The van der Waals surface area contributed by atoms with Crippen molar-refractivity contribution in [1.82, 2.24) is 10.2 Å². The highest BCUT2D eigenvalue weighted by Crippen LogP contribution is 2.09. The summed E-state index contributed by atoms with van der Waals surface area (Å²) in [6.45, 7) is 1.82. The van der Waals surface area contributed by atoms with Gasteiger partial charge in [0.2, 0.25) is 0 Å². The average molecular weight is 134 g/mol. The van der Waals surface area contributed by atoms with Crippen LogP contribution in [0.3, 0.4) is 0 Å². The summed E-state index contributed by atoms with van der Waals surface area (Å²) >= 11 is 0. The minimum atomic E-state index is -1.58. The van der Waals surface area contributed by atoms with E-state index >= 15 is 0 Å². The Labute approximate surface area is 49.7 Å². The van der Waals surface area contributed by atoms with Crippen LogP contribution in [0.1, 0.15) is 12.8 Å². The fraction of sp³-hybridized carbons (Fsp3) is 1.00. The van der Waals surface area contributed by atoms with E-state index in [1.165, 1.54) is 0 Å². The van der Waals surface area contributed by atoms with E-state index in [1.54, 1.807) is 0 Å². The Hall–Kier alpha value is 0.150. The molecule has 0 radical (unpaired) electrons. The zero-order valence-corrected chi connectivity index (χ0v) is 5.74. The second-order valence-electron chi connectivity index (χ2n) is 1.89. The summed E-state index contributed by atoms with van der Waals surface area (Å²) in [5.41, 5.74) is 0. The molecule has 3 nitrogen and oxygen atoms in total. The van der Waals surface area contributed by atoms with Crippen LogP contribution in [0, 0.1) is 0 Å². The minimum absolute atomic E-state index is 0.908. The van der Waals surface area contributed by atoms with Gasteiger partial charge in [0.15, 0.2) is 8.10 Å². The van der Waals surface area contributed by atoms with E-state index in [0.29, 0.717) is 0 Å². The maximum Gasteiger partial charge on any atom is 0.199 e. The van der Waals surface area contributed by atoms with Gasteiger partial charge in [0.25, 0.3) is 0 Å². The first kappa shape index (κ1) is 6.27. The quantitative estimate of drug-likeness (QED) is 0.469. The molecule has 0 atom stereocenters. The van der Waals surface area contributed by atoms with Crippen LogP contribution in [0.2, 0.25) is 0 Å². The van der Waals surface area contributed by atoms with E-state index in [2.05, 4.69) is 10.2 Å². The maximum absolute atomic E-state index is 10.6. The van der Waals surface area contributed by atoms with Crippen LogP contribution < -0.4 is 10.2 Å². The fourth-order valence-corrected chi connectivity index (χ4v) is 1.65. The normalized spacial score (nSPS) is 25.0. The Kier molecular flexibility index (Phi) is 2.53. The molecule has 1 saturated heterocycles. The molecule has 1 fully saturated rings. The lowest BCUT2D eigenvalue weighted by Gasteiger charge is -1.95. The van der Waals surface area contributed by atoms with Crippen molar-refractivity contribution < 1.29 is 4.57 Å². The topological polar surface area (TPSA) is 41.1 Å². The summed E-state index contributed by atoms with van der Waals surface area (Å²) in [5, 5.41) is 5.76. The third-order valence-electron chi connectivity index (χ3n) is 1.17. The van der Waals surface area contributed by atoms with Crippen molar-refractivity contribution in [1.29, 1.82) is 0 Å². The summed E-state index contributed by atoms with van der Waals surface area (Å²) in [5.74, 6) is 0. The van der Waals surface area contributed by atoms with Crippen molar-refractivity contribution in [2.75, 3.05) is 13.1 Å². The zero-order chi connectivity index (χ0) is 5.82. The first-order valence-electron chi connectivity index (χ1n) is 2.91. The molecule has 0 aliphatic carbocycles. The Morgan fingerprint density at radius 1 is 1.12 bits per heavy atom. The summed E-state index contributed by atoms with van der Waals surface area (Å²) in [4.78, 5) is 0. The summed E-state index contributed by atoms with van der Waals surface area (Å²) in [7, 11) is -1.58. The van der Waals surface area contributed by atoms with Gasteiger partial charge in [0.05, 0.1) is 0 Å². The molecule has 48 valence electrons. The molecule has 8 heavy (non-hydrogen) atoms. The van der Waals surface area contributed by atoms with Crippen molar-refractivity contribution in [3.8, 4) is 0 Å². The van der Waals surface area contributed by atoms with Crippen LogP contribution >= 0.6 is 8.10 Å². The third-order valence-corrected chi connectivity index (χ3v) is 2.32. The van der Waals surface area contributed by atoms with Crippen molar-refractivity contribution in [3.63, 3.8) is 0 Å². The van der Waals surface area contributed by atoms with E-state index < -0.39 is 8.10 Å². The highest BCUT2D eigenvalue weighted by molar-refractivity contribution is 7.40. The average Bonchev–Trinajstić information content (AvgIpc) is 1.94. The lowest BCUT2D eigenvalue weighted by molar-refractivity contribution is 0.575. The molecule has 0 saturated carbocycles. The van der Waals surface area contributed by atoms with E-state index in [0.717, 1.165) is 25.9 Å². The van der Waals surface area contributed by atoms with E-state index in [4.69, 9.17) is 0 Å². The van der Waals surface area contributed by atoms with Crippen LogP contribution in [-0.2, 0) is 4.57 Å². The van der Waals surface area contributed by atoms with Gasteiger partial charge in [-0.3, -0.25) is 14.7 Å². The molecular formula is C4H11N2OP. The molecule has 0 aromatic rings. The van der Waals surface area contributed by atoms with E-state index in [1.807, 2.05) is 0 Å². The van der Waals surface area contributed by atoms with Gasteiger partial charge in [-0.15, -0.1) is 0 Å². The van der Waals surface area contributed by atoms with Gasteiger partial charge >= 0.3 is 0 Å². The molecule has 1 aliphatic heterocycles. The van der Waals surface area contributed by atoms with Crippen LogP contribution in [-0.4, -0.2) is 13.1 Å². The molecule has 1 rings (SSSR count). The molecule has 0 amide bonds. The monoisotopic (exact) mass is 134 g/mol. The van der Waals surface area contributed by atoms with Crippen molar-refractivity contribution >= 4 is 8.10 Å². The number of rotatable bonds is 0. The molecule has 1 heterocycles. The fourth-order valence-electron chi connectivity index (χ4n) is 0.716. The first-order chi connectivity index (χ1) is 3.89. The highest BCUT2D eigenvalue weighted by atomic mass is 31.1. The molecular weight excluding hydrogens is 123 g/mol. The molecule has 0 bridgehead atoms. The Morgan fingerprint density at radius 2 is 1.62 bits per heavy atom. The van der Waals surface area contributed by atoms with E-state index in [9.17, 15) is 4.57 Å². The lowest BCUT2D eigenvalue weighted by atomic mass is 10.3. The van der Waals surface area contributed by atoms with Crippen LogP contribution in [0.15, 0.2) is 0 Å². The number of hydrogen-bond acceptors (Lipinski definition) is 1. The van der Waals surface area contributed by atoms with Gasteiger partial charge < -0.3 is 0 Å². The maximum atomic E-state index is 10.6. The second-order valence-corrected chi connectivity index (χ2v) is 3.26. The van der Waals surface area contributed by atoms with Gasteiger partial charge in [-0.25, -0.2) is 0 Å². The highest BCUT2D eigenvalue weighted by Gasteiger charge is 2.00. The Bertz CT molecular complexity index is 86.0. The predicted molar refractivity (Wildman–Crippen MR) is 34.2 cm³/mol. The SMILES string of the molecule is O=[PH]1NCCCCN1. The third kappa shape index (κ3) is 1.95. The van der Waals surface area contributed by atoms with Crippen molar-refractivity contribution in [2.24, 2.45) is 0 Å². The summed E-state index contributed by atoms with van der Waals surface area (Å²) < 4.78 is 10.6. The second kappa shape index (κ2) is 3.23. The smallest absolute Gasteiger partial charge is 0.199 e. The standard InChI is InChI=1S/C4H11N2OP/c7-8-5-3-1-2-4-6-8/h8H,1-4H2,(H2,5,6,7). The largest absolute Gasteiger partial charge is 0.293 e.